The summed E-state index contributed by atoms with van der Waals surface area (Å²) < 4.78 is 0. The average Bonchev–Trinajstić information content (AvgIpc) is 2.69. The number of ketones is 1. The summed E-state index contributed by atoms with van der Waals surface area (Å²) in [5.74, 6) is 1.92. The first-order valence-corrected chi connectivity index (χ1v) is 10.9. The van der Waals surface area contributed by atoms with Crippen LogP contribution in [0.3, 0.4) is 0 Å². The van der Waals surface area contributed by atoms with Crippen molar-refractivity contribution in [1.29, 1.82) is 0 Å². The van der Waals surface area contributed by atoms with E-state index in [1.165, 1.54) is 12.8 Å². The fourth-order valence-corrected chi connectivity index (χ4v) is 4.87. The number of hydrogen-bond acceptors (Lipinski definition) is 6. The topological polar surface area (TPSA) is 78.4 Å². The molecule has 1 atom stereocenters. The van der Waals surface area contributed by atoms with Crippen LogP contribution in [0.4, 0.5) is 5.82 Å². The van der Waals surface area contributed by atoms with Gasteiger partial charge >= 0.3 is 0 Å². The van der Waals surface area contributed by atoms with Gasteiger partial charge in [-0.05, 0) is 63.5 Å². The Balaban J connectivity index is 1.22. The Morgan fingerprint density at radius 2 is 2.00 bits per heavy atom. The lowest BCUT2D eigenvalue weighted by Crippen LogP contribution is -2.53. The number of benzene rings is 1. The summed E-state index contributed by atoms with van der Waals surface area (Å²) in [4.78, 5) is 23.6. The van der Waals surface area contributed by atoms with Crippen LogP contribution in [0.1, 0.15) is 44.6 Å². The van der Waals surface area contributed by atoms with Crippen molar-refractivity contribution < 1.29 is 9.90 Å². The average molecular weight is 397 g/mol. The lowest BCUT2D eigenvalue weighted by atomic mass is 9.80. The summed E-state index contributed by atoms with van der Waals surface area (Å²) in [6, 6.07) is 6.71. The van der Waals surface area contributed by atoms with Gasteiger partial charge in [-0.25, -0.2) is 9.97 Å². The van der Waals surface area contributed by atoms with E-state index < -0.39 is 0 Å². The highest BCUT2D eigenvalue weighted by Crippen LogP contribution is 2.33. The number of anilines is 1. The molecule has 29 heavy (non-hydrogen) atoms. The molecule has 6 heteroatoms. The zero-order valence-electron chi connectivity index (χ0n) is 17.5. The Morgan fingerprint density at radius 1 is 1.24 bits per heavy atom. The minimum atomic E-state index is -0.180. The van der Waals surface area contributed by atoms with Crippen LogP contribution in [0, 0.1) is 18.8 Å². The Bertz CT molecular complexity index is 855. The minimum Gasteiger partial charge on any atom is -0.393 e. The van der Waals surface area contributed by atoms with Gasteiger partial charge in [0.25, 0.3) is 0 Å². The van der Waals surface area contributed by atoms with E-state index in [-0.39, 0.29) is 11.9 Å². The first-order valence-electron chi connectivity index (χ1n) is 10.9. The maximum absolute atomic E-state index is 12.5. The van der Waals surface area contributed by atoms with Crippen LogP contribution in [0.25, 0.3) is 10.9 Å². The van der Waals surface area contributed by atoms with Crippen LogP contribution >= 0.6 is 0 Å². The highest BCUT2D eigenvalue weighted by atomic mass is 16.3. The van der Waals surface area contributed by atoms with E-state index in [4.69, 9.17) is 0 Å². The van der Waals surface area contributed by atoms with Gasteiger partial charge in [0, 0.05) is 30.9 Å². The first kappa shape index (κ1) is 20.2. The number of carbonyl (C=O) groups excluding carboxylic acids is 1. The molecule has 1 aromatic carbocycles. The van der Waals surface area contributed by atoms with Crippen molar-refractivity contribution in [3.63, 3.8) is 0 Å². The number of likely N-dealkylation sites (tertiary alicyclic amines) is 1. The number of Topliss-reactive ketones (excluding diaryl/α,β-unsaturated/α-hetero) is 1. The van der Waals surface area contributed by atoms with E-state index >= 15 is 0 Å². The number of aliphatic hydroxyl groups is 1. The van der Waals surface area contributed by atoms with Gasteiger partial charge in [0.1, 0.15) is 12.1 Å². The van der Waals surface area contributed by atoms with Gasteiger partial charge in [0.15, 0.2) is 5.78 Å². The molecule has 1 aliphatic carbocycles. The number of aliphatic hydroxyl groups excluding tert-OH is 1. The molecule has 2 aliphatic rings. The predicted octanol–water partition coefficient (Wildman–Crippen LogP) is 3.18. The van der Waals surface area contributed by atoms with Crippen LogP contribution < -0.4 is 5.32 Å². The Kier molecular flexibility index (Phi) is 6.11. The number of aromatic nitrogens is 2. The lowest BCUT2D eigenvalue weighted by molar-refractivity contribution is -0.120. The van der Waals surface area contributed by atoms with Gasteiger partial charge in [-0.2, -0.15) is 0 Å². The Morgan fingerprint density at radius 3 is 2.72 bits per heavy atom. The van der Waals surface area contributed by atoms with Crippen molar-refractivity contribution in [2.24, 2.45) is 11.8 Å². The summed E-state index contributed by atoms with van der Waals surface area (Å²) in [7, 11) is 0. The SMILES string of the molecule is Cc1ccc2ncnc(NCC(=O)CC3CN(C4CCC(C(C)O)CC4)C3)c2c1. The fourth-order valence-electron chi connectivity index (χ4n) is 4.87. The Hall–Kier alpha value is -2.05. The van der Waals surface area contributed by atoms with Crippen molar-refractivity contribution in [1.82, 2.24) is 14.9 Å². The van der Waals surface area contributed by atoms with Crippen LogP contribution in [0.5, 0.6) is 0 Å². The minimum absolute atomic E-state index is 0.180. The molecule has 0 radical (unpaired) electrons. The number of aryl methyl sites for hydroxylation is 1. The summed E-state index contributed by atoms with van der Waals surface area (Å²) in [6.45, 7) is 6.34. The van der Waals surface area contributed by atoms with Gasteiger partial charge in [0.2, 0.25) is 0 Å². The second-order valence-corrected chi connectivity index (χ2v) is 8.97. The van der Waals surface area contributed by atoms with E-state index in [0.717, 1.165) is 48.2 Å². The number of fused-ring (bicyclic) bond motifs is 1. The molecular weight excluding hydrogens is 364 g/mol. The van der Waals surface area contributed by atoms with E-state index in [9.17, 15) is 9.90 Å². The number of carbonyl (C=O) groups is 1. The molecule has 1 saturated heterocycles. The summed E-state index contributed by atoms with van der Waals surface area (Å²) in [6.07, 6.45) is 6.60. The maximum Gasteiger partial charge on any atom is 0.152 e. The molecule has 6 nitrogen and oxygen atoms in total. The first-order chi connectivity index (χ1) is 14.0. The van der Waals surface area contributed by atoms with E-state index in [1.54, 1.807) is 6.33 Å². The van der Waals surface area contributed by atoms with Crippen LogP contribution in [-0.2, 0) is 4.79 Å². The molecule has 1 unspecified atom stereocenters. The van der Waals surface area contributed by atoms with Gasteiger partial charge < -0.3 is 10.4 Å². The van der Waals surface area contributed by atoms with Crippen LogP contribution in [-0.4, -0.2) is 57.5 Å². The third-order valence-corrected chi connectivity index (χ3v) is 6.69. The number of nitrogens with one attached hydrogen (secondary N) is 1. The van der Waals surface area contributed by atoms with Crippen molar-refractivity contribution in [3.8, 4) is 0 Å². The standard InChI is InChI=1S/C23H32N4O2/c1-15-3-8-22-21(9-15)23(26-14-25-22)24-11-20(29)10-17-12-27(13-17)19-6-4-18(5-7-19)16(2)28/h3,8-9,14,16-19,28H,4-7,10-13H2,1-2H3,(H,24,25,26). The van der Waals surface area contributed by atoms with Crippen molar-refractivity contribution in [2.45, 2.75) is 58.1 Å². The van der Waals surface area contributed by atoms with Gasteiger partial charge in [0.05, 0.1) is 18.2 Å². The largest absolute Gasteiger partial charge is 0.393 e. The monoisotopic (exact) mass is 396 g/mol. The smallest absolute Gasteiger partial charge is 0.152 e. The number of rotatable bonds is 7. The molecule has 0 bridgehead atoms. The number of hydrogen-bond donors (Lipinski definition) is 2. The highest BCUT2D eigenvalue weighted by molar-refractivity contribution is 5.91. The lowest BCUT2D eigenvalue weighted by Gasteiger charge is -2.47. The molecule has 1 aromatic heterocycles. The Labute approximate surface area is 172 Å². The molecule has 156 valence electrons. The highest BCUT2D eigenvalue weighted by Gasteiger charge is 2.35. The maximum atomic E-state index is 12.5. The van der Waals surface area contributed by atoms with Crippen LogP contribution in [0.2, 0.25) is 0 Å². The summed E-state index contributed by atoms with van der Waals surface area (Å²) in [5.41, 5.74) is 2.04. The molecule has 0 amide bonds. The van der Waals surface area contributed by atoms with Crippen molar-refractivity contribution in [3.05, 3.63) is 30.1 Å². The molecule has 0 spiro atoms. The second kappa shape index (κ2) is 8.76. The number of nitrogens with zero attached hydrogens (tertiary/aromatic N) is 3. The molecule has 2 heterocycles. The third kappa shape index (κ3) is 4.75. The molecule has 4 rings (SSSR count). The normalized spacial score (nSPS) is 24.2. The molecule has 2 fully saturated rings. The van der Waals surface area contributed by atoms with Gasteiger partial charge in [-0.15, -0.1) is 0 Å². The predicted molar refractivity (Wildman–Crippen MR) is 115 cm³/mol. The zero-order chi connectivity index (χ0) is 20.4. The molecule has 1 aliphatic heterocycles. The summed E-state index contributed by atoms with van der Waals surface area (Å²) in [5, 5.41) is 13.9. The second-order valence-electron chi connectivity index (χ2n) is 8.97. The quantitative estimate of drug-likeness (QED) is 0.748. The zero-order valence-corrected chi connectivity index (χ0v) is 17.5. The van der Waals surface area contributed by atoms with Gasteiger partial charge in [-0.1, -0.05) is 11.6 Å². The van der Waals surface area contributed by atoms with Crippen LogP contribution in [0.15, 0.2) is 24.5 Å². The molecule has 1 saturated carbocycles. The molecule has 2 aromatic rings. The van der Waals surface area contributed by atoms with Gasteiger partial charge in [-0.3, -0.25) is 9.69 Å². The fraction of sp³-hybridized carbons (Fsp3) is 0.609. The third-order valence-electron chi connectivity index (χ3n) is 6.69. The summed E-state index contributed by atoms with van der Waals surface area (Å²) >= 11 is 0. The molecule has 2 N–H and O–H groups in total. The van der Waals surface area contributed by atoms with E-state index in [1.807, 2.05) is 26.0 Å². The van der Waals surface area contributed by atoms with Crippen molar-refractivity contribution >= 4 is 22.5 Å². The van der Waals surface area contributed by atoms with E-state index in [0.29, 0.717) is 30.8 Å². The van der Waals surface area contributed by atoms with E-state index in [2.05, 4.69) is 26.3 Å². The molecular formula is C23H32N4O2. The van der Waals surface area contributed by atoms with Crippen molar-refractivity contribution in [2.75, 3.05) is 25.0 Å².